The topological polar surface area (TPSA) is 77.8 Å². The second-order valence-electron chi connectivity index (χ2n) is 3.23. The molecule has 1 rings (SSSR count). The van der Waals surface area contributed by atoms with Gasteiger partial charge in [-0.15, -0.1) is 0 Å². The highest BCUT2D eigenvalue weighted by atomic mass is 19.3. The number of carbonyl (C=O) groups is 1. The van der Waals surface area contributed by atoms with Gasteiger partial charge in [-0.1, -0.05) is 0 Å². The maximum atomic E-state index is 12.7. The first-order valence-electron chi connectivity index (χ1n) is 3.81. The number of carboxylic acid groups (broad SMARTS) is 1. The molecule has 4 nitrogen and oxygen atoms in total. The molecular weight excluding hydrogens is 186 g/mol. The van der Waals surface area contributed by atoms with Crippen LogP contribution in [0.5, 0.6) is 0 Å². The zero-order chi connectivity index (χ0) is 10.2. The van der Waals surface area contributed by atoms with E-state index in [2.05, 4.69) is 0 Å². The molecule has 0 aliphatic heterocycles. The lowest BCUT2D eigenvalue weighted by molar-refractivity contribution is -0.152. The van der Waals surface area contributed by atoms with Crippen molar-refractivity contribution in [2.24, 2.45) is 5.92 Å². The summed E-state index contributed by atoms with van der Waals surface area (Å²) in [5.74, 6) is -5.91. The summed E-state index contributed by atoms with van der Waals surface area (Å²) >= 11 is 0. The molecule has 3 atom stereocenters. The van der Waals surface area contributed by atoms with Gasteiger partial charge >= 0.3 is 5.97 Å². The zero-order valence-electron chi connectivity index (χ0n) is 6.65. The molecule has 6 heteroatoms. The Hall–Kier alpha value is -0.750. The highest BCUT2D eigenvalue weighted by Gasteiger charge is 2.56. The van der Waals surface area contributed by atoms with E-state index < -0.39 is 36.4 Å². The maximum Gasteiger partial charge on any atom is 0.303 e. The molecule has 0 saturated heterocycles. The molecule has 1 saturated carbocycles. The van der Waals surface area contributed by atoms with Crippen LogP contribution in [0.1, 0.15) is 12.8 Å². The number of aliphatic hydroxyl groups is 2. The van der Waals surface area contributed by atoms with Crippen molar-refractivity contribution in [3.05, 3.63) is 0 Å². The van der Waals surface area contributed by atoms with E-state index in [1.807, 2.05) is 0 Å². The van der Waals surface area contributed by atoms with Crippen LogP contribution in [-0.2, 0) is 4.79 Å². The first kappa shape index (κ1) is 10.3. The number of alkyl halides is 2. The Morgan fingerprint density at radius 3 is 2.31 bits per heavy atom. The molecule has 1 aliphatic carbocycles. The van der Waals surface area contributed by atoms with Crippen LogP contribution in [0.3, 0.4) is 0 Å². The summed E-state index contributed by atoms with van der Waals surface area (Å²) < 4.78 is 25.5. The highest BCUT2D eigenvalue weighted by Crippen LogP contribution is 2.40. The van der Waals surface area contributed by atoms with E-state index in [9.17, 15) is 13.6 Å². The molecule has 1 fully saturated rings. The van der Waals surface area contributed by atoms with Crippen LogP contribution in [0.25, 0.3) is 0 Å². The lowest BCUT2D eigenvalue weighted by Crippen LogP contribution is -2.38. The average molecular weight is 196 g/mol. The summed E-state index contributed by atoms with van der Waals surface area (Å²) in [6.07, 6.45) is -4.92. The fourth-order valence-electron chi connectivity index (χ4n) is 1.50. The molecule has 0 radical (unpaired) electrons. The van der Waals surface area contributed by atoms with E-state index in [0.717, 1.165) is 0 Å². The van der Waals surface area contributed by atoms with Crippen LogP contribution in [0.2, 0.25) is 0 Å². The molecule has 0 aromatic heterocycles. The predicted octanol–water partition coefficient (Wildman–Crippen LogP) is -0.162. The Kier molecular flexibility index (Phi) is 2.53. The van der Waals surface area contributed by atoms with Gasteiger partial charge in [-0.05, 0) is 6.42 Å². The lowest BCUT2D eigenvalue weighted by atomic mass is 10.0. The van der Waals surface area contributed by atoms with Gasteiger partial charge in [0.25, 0.3) is 5.92 Å². The maximum absolute atomic E-state index is 12.7. The summed E-state index contributed by atoms with van der Waals surface area (Å²) in [6.45, 7) is 0. The minimum Gasteiger partial charge on any atom is -0.481 e. The molecule has 0 bridgehead atoms. The minimum atomic E-state index is -3.58. The summed E-state index contributed by atoms with van der Waals surface area (Å²) in [5, 5.41) is 26.1. The fraction of sp³-hybridized carbons (Fsp3) is 0.857. The molecule has 13 heavy (non-hydrogen) atoms. The van der Waals surface area contributed by atoms with Crippen LogP contribution < -0.4 is 0 Å². The van der Waals surface area contributed by atoms with Crippen molar-refractivity contribution in [3.8, 4) is 0 Å². The Labute approximate surface area is 72.8 Å². The van der Waals surface area contributed by atoms with Crippen molar-refractivity contribution in [3.63, 3.8) is 0 Å². The third kappa shape index (κ3) is 1.78. The summed E-state index contributed by atoms with van der Waals surface area (Å²) in [7, 11) is 0. The standard InChI is InChI=1S/C7H10F2O4/c8-7(9)4(10)1-3(6(7)13)2-5(11)12/h3-4,6,10,13H,1-2H2,(H,11,12). The van der Waals surface area contributed by atoms with E-state index in [4.69, 9.17) is 15.3 Å². The largest absolute Gasteiger partial charge is 0.481 e. The number of aliphatic carboxylic acids is 1. The number of carboxylic acids is 1. The Balaban J connectivity index is 2.68. The van der Waals surface area contributed by atoms with Crippen molar-refractivity contribution in [1.82, 2.24) is 0 Å². The monoisotopic (exact) mass is 196 g/mol. The third-order valence-electron chi connectivity index (χ3n) is 2.25. The molecule has 0 aromatic carbocycles. The summed E-state index contributed by atoms with van der Waals surface area (Å²) in [6, 6.07) is 0. The van der Waals surface area contributed by atoms with Crippen molar-refractivity contribution in [2.75, 3.05) is 0 Å². The molecule has 3 unspecified atom stereocenters. The van der Waals surface area contributed by atoms with Crippen LogP contribution in [0.4, 0.5) is 8.78 Å². The van der Waals surface area contributed by atoms with Gasteiger partial charge in [0.05, 0.1) is 6.42 Å². The van der Waals surface area contributed by atoms with E-state index in [1.165, 1.54) is 0 Å². The van der Waals surface area contributed by atoms with Crippen LogP contribution in [0.15, 0.2) is 0 Å². The number of hydrogen-bond donors (Lipinski definition) is 3. The number of hydrogen-bond acceptors (Lipinski definition) is 3. The number of halogens is 2. The SMILES string of the molecule is O=C(O)CC1CC(O)C(F)(F)C1O. The molecule has 0 amide bonds. The molecule has 1 aliphatic rings. The van der Waals surface area contributed by atoms with Gasteiger partial charge in [0.1, 0.15) is 12.2 Å². The molecule has 3 N–H and O–H groups in total. The molecule has 76 valence electrons. The van der Waals surface area contributed by atoms with Crippen molar-refractivity contribution >= 4 is 5.97 Å². The number of aliphatic hydroxyl groups excluding tert-OH is 2. The van der Waals surface area contributed by atoms with E-state index >= 15 is 0 Å². The quantitative estimate of drug-likeness (QED) is 0.573. The van der Waals surface area contributed by atoms with Gasteiger partial charge in [0.2, 0.25) is 0 Å². The highest BCUT2D eigenvalue weighted by molar-refractivity contribution is 5.67. The average Bonchev–Trinajstić information content (AvgIpc) is 2.15. The summed E-state index contributed by atoms with van der Waals surface area (Å²) in [4.78, 5) is 10.2. The van der Waals surface area contributed by atoms with Crippen molar-refractivity contribution in [1.29, 1.82) is 0 Å². The van der Waals surface area contributed by atoms with Gasteiger partial charge in [-0.2, -0.15) is 0 Å². The van der Waals surface area contributed by atoms with Crippen LogP contribution in [-0.4, -0.2) is 39.4 Å². The lowest BCUT2D eigenvalue weighted by Gasteiger charge is -2.18. The zero-order valence-corrected chi connectivity index (χ0v) is 6.65. The van der Waals surface area contributed by atoms with Gasteiger partial charge in [-0.3, -0.25) is 4.79 Å². The molecule has 0 spiro atoms. The summed E-state index contributed by atoms with van der Waals surface area (Å²) in [5.41, 5.74) is 0. The van der Waals surface area contributed by atoms with Crippen LogP contribution >= 0.6 is 0 Å². The Morgan fingerprint density at radius 2 is 2.00 bits per heavy atom. The molecular formula is C7H10F2O4. The molecule has 0 aromatic rings. The smallest absolute Gasteiger partial charge is 0.303 e. The predicted molar refractivity (Wildman–Crippen MR) is 37.3 cm³/mol. The second kappa shape index (κ2) is 3.19. The molecule has 0 heterocycles. The van der Waals surface area contributed by atoms with Crippen LogP contribution in [0, 0.1) is 5.92 Å². The first-order valence-corrected chi connectivity index (χ1v) is 3.81. The van der Waals surface area contributed by atoms with E-state index in [-0.39, 0.29) is 6.42 Å². The van der Waals surface area contributed by atoms with Crippen molar-refractivity contribution in [2.45, 2.75) is 31.0 Å². The fourth-order valence-corrected chi connectivity index (χ4v) is 1.50. The minimum absolute atomic E-state index is 0.375. The Morgan fingerprint density at radius 1 is 1.46 bits per heavy atom. The van der Waals surface area contributed by atoms with Gasteiger partial charge in [0.15, 0.2) is 0 Å². The van der Waals surface area contributed by atoms with Crippen molar-refractivity contribution < 1.29 is 28.9 Å². The van der Waals surface area contributed by atoms with E-state index in [0.29, 0.717) is 0 Å². The normalized spacial score (nSPS) is 37.7. The van der Waals surface area contributed by atoms with Gasteiger partial charge < -0.3 is 15.3 Å². The Bertz CT molecular complexity index is 219. The third-order valence-corrected chi connectivity index (χ3v) is 2.25. The number of rotatable bonds is 2. The second-order valence-corrected chi connectivity index (χ2v) is 3.23. The van der Waals surface area contributed by atoms with Gasteiger partial charge in [-0.25, -0.2) is 8.78 Å². The van der Waals surface area contributed by atoms with E-state index in [1.54, 1.807) is 0 Å². The first-order chi connectivity index (χ1) is 5.85. The van der Waals surface area contributed by atoms with Gasteiger partial charge in [0, 0.05) is 5.92 Å².